The molecule has 0 bridgehead atoms. The number of halogens is 1. The summed E-state index contributed by atoms with van der Waals surface area (Å²) in [6.45, 7) is 2.51. The van der Waals surface area contributed by atoms with Crippen LogP contribution >= 0.6 is 12.4 Å². The van der Waals surface area contributed by atoms with E-state index in [1.165, 1.54) is 11.3 Å². The number of methoxy groups -OCH3 is 1. The van der Waals surface area contributed by atoms with Crippen LogP contribution in [0.25, 0.3) is 0 Å². The van der Waals surface area contributed by atoms with Gasteiger partial charge >= 0.3 is 0 Å². The lowest BCUT2D eigenvalue weighted by Crippen LogP contribution is -2.33. The number of rotatable bonds is 5. The molecule has 23 heavy (non-hydrogen) atoms. The number of anilines is 2. The third-order valence-electron chi connectivity index (χ3n) is 4.07. The van der Waals surface area contributed by atoms with Crippen LogP contribution in [0.1, 0.15) is 12.0 Å². The maximum Gasteiger partial charge on any atom is 0.161 e. The predicted octanol–water partition coefficient (Wildman–Crippen LogP) is 3.53. The molecule has 2 aromatic rings. The zero-order valence-electron chi connectivity index (χ0n) is 13.3. The molecule has 5 heteroatoms. The molecule has 0 spiro atoms. The molecule has 2 aromatic carbocycles. The molecule has 1 heterocycles. The van der Waals surface area contributed by atoms with Crippen molar-refractivity contribution in [2.75, 3.05) is 37.4 Å². The van der Waals surface area contributed by atoms with Crippen molar-refractivity contribution in [2.45, 2.75) is 12.8 Å². The summed E-state index contributed by atoms with van der Waals surface area (Å²) >= 11 is 0. The molecule has 2 N–H and O–H groups in total. The van der Waals surface area contributed by atoms with Gasteiger partial charge in [0.2, 0.25) is 0 Å². The smallest absolute Gasteiger partial charge is 0.161 e. The van der Waals surface area contributed by atoms with E-state index in [0.717, 1.165) is 43.1 Å². The topological polar surface area (TPSA) is 47.7 Å². The van der Waals surface area contributed by atoms with Gasteiger partial charge in [-0.1, -0.05) is 18.2 Å². The summed E-state index contributed by atoms with van der Waals surface area (Å²) in [5.41, 5.74) is 9.50. The standard InChI is InChI=1S/C18H22N2O2.ClH/c1-21-17-9-2-3-10-18(17)22-13-12-20-11-5-6-14-15(19)7-4-8-16(14)20;/h2-4,7-10H,5-6,11-13,19H2,1H3;1H. The number of nitrogen functional groups attached to an aromatic ring is 1. The summed E-state index contributed by atoms with van der Waals surface area (Å²) in [5.74, 6) is 1.56. The van der Waals surface area contributed by atoms with E-state index in [9.17, 15) is 0 Å². The zero-order valence-corrected chi connectivity index (χ0v) is 14.1. The molecule has 1 aliphatic rings. The van der Waals surface area contributed by atoms with E-state index in [1.54, 1.807) is 7.11 Å². The normalized spacial score (nSPS) is 13.0. The van der Waals surface area contributed by atoms with Gasteiger partial charge in [-0.15, -0.1) is 12.4 Å². The van der Waals surface area contributed by atoms with Crippen LogP contribution in [0.3, 0.4) is 0 Å². The minimum Gasteiger partial charge on any atom is -0.493 e. The van der Waals surface area contributed by atoms with Crippen LogP contribution in [-0.2, 0) is 6.42 Å². The van der Waals surface area contributed by atoms with E-state index in [0.29, 0.717) is 6.61 Å². The van der Waals surface area contributed by atoms with Gasteiger partial charge in [-0.05, 0) is 42.7 Å². The second-order valence-electron chi connectivity index (χ2n) is 5.43. The second kappa shape index (κ2) is 7.97. The van der Waals surface area contributed by atoms with Crippen molar-refractivity contribution >= 4 is 23.8 Å². The highest BCUT2D eigenvalue weighted by atomic mass is 35.5. The monoisotopic (exact) mass is 334 g/mol. The van der Waals surface area contributed by atoms with Crippen LogP contribution in [0.4, 0.5) is 11.4 Å². The lowest BCUT2D eigenvalue weighted by atomic mass is 10.00. The van der Waals surface area contributed by atoms with Gasteiger partial charge in [0.25, 0.3) is 0 Å². The lowest BCUT2D eigenvalue weighted by Gasteiger charge is -2.32. The summed E-state index contributed by atoms with van der Waals surface area (Å²) in [5, 5.41) is 0. The maximum atomic E-state index is 6.09. The van der Waals surface area contributed by atoms with Gasteiger partial charge in [0.15, 0.2) is 11.5 Å². The van der Waals surface area contributed by atoms with Gasteiger partial charge < -0.3 is 20.1 Å². The number of fused-ring (bicyclic) bond motifs is 1. The van der Waals surface area contributed by atoms with Crippen LogP contribution in [-0.4, -0.2) is 26.8 Å². The highest BCUT2D eigenvalue weighted by molar-refractivity contribution is 5.85. The van der Waals surface area contributed by atoms with Crippen LogP contribution in [0, 0.1) is 0 Å². The minimum absolute atomic E-state index is 0. The molecular formula is C18H23ClN2O2. The molecule has 0 saturated heterocycles. The summed E-state index contributed by atoms with van der Waals surface area (Å²) in [4.78, 5) is 2.35. The van der Waals surface area contributed by atoms with Crippen molar-refractivity contribution in [3.63, 3.8) is 0 Å². The van der Waals surface area contributed by atoms with E-state index in [4.69, 9.17) is 15.2 Å². The Kier molecular flexibility index (Phi) is 5.99. The fraction of sp³-hybridized carbons (Fsp3) is 0.333. The van der Waals surface area contributed by atoms with Crippen LogP contribution in [0.5, 0.6) is 11.5 Å². The molecule has 0 fully saturated rings. The van der Waals surface area contributed by atoms with Crippen LogP contribution < -0.4 is 20.1 Å². The molecule has 124 valence electrons. The van der Waals surface area contributed by atoms with Crippen molar-refractivity contribution in [2.24, 2.45) is 0 Å². The van der Waals surface area contributed by atoms with Crippen LogP contribution in [0.2, 0.25) is 0 Å². The van der Waals surface area contributed by atoms with Gasteiger partial charge in [-0.25, -0.2) is 0 Å². The summed E-state index contributed by atoms with van der Waals surface area (Å²) in [7, 11) is 1.66. The predicted molar refractivity (Wildman–Crippen MR) is 97.1 cm³/mol. The molecule has 3 rings (SSSR count). The summed E-state index contributed by atoms with van der Waals surface area (Å²) < 4.78 is 11.2. The Labute approximate surface area is 143 Å². The van der Waals surface area contributed by atoms with E-state index < -0.39 is 0 Å². The van der Waals surface area contributed by atoms with E-state index in [2.05, 4.69) is 11.0 Å². The Bertz CT molecular complexity index is 649. The largest absolute Gasteiger partial charge is 0.493 e. The van der Waals surface area contributed by atoms with Crippen molar-refractivity contribution in [1.29, 1.82) is 0 Å². The van der Waals surface area contributed by atoms with Gasteiger partial charge in [0.1, 0.15) is 6.61 Å². The third kappa shape index (κ3) is 3.82. The molecule has 0 radical (unpaired) electrons. The molecule has 0 amide bonds. The minimum atomic E-state index is 0. The van der Waals surface area contributed by atoms with Crippen molar-refractivity contribution in [3.8, 4) is 11.5 Å². The SMILES string of the molecule is COc1ccccc1OCCN1CCCc2c(N)cccc21.Cl. The molecular weight excluding hydrogens is 312 g/mol. The number of para-hydroxylation sites is 2. The highest BCUT2D eigenvalue weighted by Crippen LogP contribution is 2.31. The Balaban J connectivity index is 0.00000192. The lowest BCUT2D eigenvalue weighted by molar-refractivity contribution is 0.298. The molecule has 1 aliphatic heterocycles. The van der Waals surface area contributed by atoms with E-state index in [-0.39, 0.29) is 12.4 Å². The van der Waals surface area contributed by atoms with Gasteiger partial charge in [0, 0.05) is 17.9 Å². The molecule has 0 unspecified atom stereocenters. The first-order valence-electron chi connectivity index (χ1n) is 7.67. The third-order valence-corrected chi connectivity index (χ3v) is 4.07. The van der Waals surface area contributed by atoms with Crippen molar-refractivity contribution in [1.82, 2.24) is 0 Å². The van der Waals surface area contributed by atoms with Crippen molar-refractivity contribution < 1.29 is 9.47 Å². The summed E-state index contributed by atoms with van der Waals surface area (Å²) in [6, 6.07) is 13.9. The average molecular weight is 335 g/mol. The molecule has 0 aliphatic carbocycles. The van der Waals surface area contributed by atoms with Gasteiger partial charge in [-0.3, -0.25) is 0 Å². The first-order chi connectivity index (χ1) is 10.8. The number of nitrogens with zero attached hydrogens (tertiary/aromatic N) is 1. The van der Waals surface area contributed by atoms with Gasteiger partial charge in [0.05, 0.1) is 13.7 Å². The zero-order chi connectivity index (χ0) is 15.4. The van der Waals surface area contributed by atoms with Crippen molar-refractivity contribution in [3.05, 3.63) is 48.0 Å². The van der Waals surface area contributed by atoms with Gasteiger partial charge in [-0.2, -0.15) is 0 Å². The number of benzene rings is 2. The highest BCUT2D eigenvalue weighted by Gasteiger charge is 2.18. The maximum absolute atomic E-state index is 6.09. The Morgan fingerprint density at radius 3 is 2.65 bits per heavy atom. The molecule has 0 saturated carbocycles. The second-order valence-corrected chi connectivity index (χ2v) is 5.43. The molecule has 0 atom stereocenters. The molecule has 4 nitrogen and oxygen atoms in total. The van der Waals surface area contributed by atoms with E-state index >= 15 is 0 Å². The Morgan fingerprint density at radius 2 is 1.87 bits per heavy atom. The number of hydrogen-bond donors (Lipinski definition) is 1. The van der Waals surface area contributed by atoms with Crippen LogP contribution in [0.15, 0.2) is 42.5 Å². The first kappa shape index (κ1) is 17.3. The van der Waals surface area contributed by atoms with E-state index in [1.807, 2.05) is 36.4 Å². The Hall–Kier alpha value is -2.07. The quantitative estimate of drug-likeness (QED) is 0.850. The fourth-order valence-electron chi connectivity index (χ4n) is 2.96. The summed E-state index contributed by atoms with van der Waals surface area (Å²) in [6.07, 6.45) is 2.20. The Morgan fingerprint density at radius 1 is 1.09 bits per heavy atom. The average Bonchev–Trinajstić information content (AvgIpc) is 2.56. The number of nitrogens with two attached hydrogens (primary N) is 1. The number of ether oxygens (including phenoxy) is 2. The number of hydrogen-bond acceptors (Lipinski definition) is 4. The molecule has 0 aromatic heterocycles. The fourth-order valence-corrected chi connectivity index (χ4v) is 2.96. The first-order valence-corrected chi connectivity index (χ1v) is 7.67.